The highest BCUT2D eigenvalue weighted by atomic mass is 31.1. The molecule has 0 unspecified atom stereocenters. The number of hydrogen-bond acceptors (Lipinski definition) is 3. The predicted molar refractivity (Wildman–Crippen MR) is 118 cm³/mol. The summed E-state index contributed by atoms with van der Waals surface area (Å²) in [5.41, 5.74) is 3.18. The number of allylic oxidation sites excluding steroid dienone is 1. The molecule has 1 aromatic carbocycles. The molecule has 1 aromatic rings. The van der Waals surface area contributed by atoms with Gasteiger partial charge in [-0.05, 0) is 44.9 Å². The highest BCUT2D eigenvalue weighted by Crippen LogP contribution is 2.39. The monoisotopic (exact) mass is 402 g/mol. The standard InChI is InChI=1S/C21H31N4O2P/c1-16(2)20(28(4)5)21(22-3)23-18-8-6-7-17(13-18)14-19(27)25-11-9-24(15-26)10-12-25/h6-8,13,15H,9-12,14H2,1-5H3,(H,22,23). The van der Waals surface area contributed by atoms with Crippen molar-refractivity contribution in [2.75, 3.05) is 51.9 Å². The number of hydrogen-bond donors (Lipinski definition) is 1. The van der Waals surface area contributed by atoms with Gasteiger partial charge in [-0.15, -0.1) is 0 Å². The van der Waals surface area contributed by atoms with Crippen LogP contribution in [-0.4, -0.2) is 74.5 Å². The Kier molecular flexibility index (Phi) is 8.18. The molecule has 7 heteroatoms. The van der Waals surface area contributed by atoms with Crippen LogP contribution in [0.5, 0.6) is 0 Å². The first-order valence-electron chi connectivity index (χ1n) is 9.50. The summed E-state index contributed by atoms with van der Waals surface area (Å²) in [6.45, 7) is 11.1. The Morgan fingerprint density at radius 3 is 2.43 bits per heavy atom. The quantitative estimate of drug-likeness (QED) is 0.344. The third-order valence-electron chi connectivity index (χ3n) is 4.73. The molecule has 0 bridgehead atoms. The average molecular weight is 402 g/mol. The number of piperazine rings is 1. The van der Waals surface area contributed by atoms with Gasteiger partial charge in [0.15, 0.2) is 0 Å². The molecule has 1 aliphatic rings. The summed E-state index contributed by atoms with van der Waals surface area (Å²) < 4.78 is 0. The van der Waals surface area contributed by atoms with Crippen molar-refractivity contribution < 1.29 is 9.59 Å². The van der Waals surface area contributed by atoms with E-state index in [0.717, 1.165) is 23.5 Å². The van der Waals surface area contributed by atoms with Gasteiger partial charge < -0.3 is 15.1 Å². The Labute approximate surface area is 169 Å². The number of carbonyl (C=O) groups excluding carboxylic acids is 2. The first-order chi connectivity index (χ1) is 13.3. The van der Waals surface area contributed by atoms with Crippen LogP contribution < -0.4 is 5.32 Å². The molecule has 0 saturated carbocycles. The second-order valence-corrected chi connectivity index (χ2v) is 9.58. The van der Waals surface area contributed by atoms with E-state index in [1.54, 1.807) is 11.9 Å². The molecular formula is C21H31N4O2P. The van der Waals surface area contributed by atoms with Crippen molar-refractivity contribution in [2.45, 2.75) is 20.3 Å². The fourth-order valence-electron chi connectivity index (χ4n) is 3.38. The number of carbonyl (C=O) groups is 2. The summed E-state index contributed by atoms with van der Waals surface area (Å²) in [5, 5.41) is 4.71. The summed E-state index contributed by atoms with van der Waals surface area (Å²) in [5.74, 6) is 0.993. The van der Waals surface area contributed by atoms with Crippen LogP contribution in [0.1, 0.15) is 19.4 Å². The van der Waals surface area contributed by atoms with Crippen LogP contribution >= 0.6 is 7.92 Å². The van der Waals surface area contributed by atoms with E-state index < -0.39 is 0 Å². The van der Waals surface area contributed by atoms with Crippen molar-refractivity contribution in [3.05, 3.63) is 40.7 Å². The zero-order valence-electron chi connectivity index (χ0n) is 17.5. The number of amidine groups is 1. The zero-order chi connectivity index (χ0) is 20.7. The fraction of sp³-hybridized carbons (Fsp3) is 0.476. The van der Waals surface area contributed by atoms with Crippen LogP contribution in [0.15, 0.2) is 40.1 Å². The zero-order valence-corrected chi connectivity index (χ0v) is 18.4. The second kappa shape index (κ2) is 10.4. The summed E-state index contributed by atoms with van der Waals surface area (Å²) >= 11 is 0. The van der Waals surface area contributed by atoms with Crippen LogP contribution in [0.3, 0.4) is 0 Å². The molecule has 0 atom stereocenters. The van der Waals surface area contributed by atoms with Crippen LogP contribution in [0.25, 0.3) is 0 Å². The first kappa shape index (κ1) is 22.1. The molecule has 1 N–H and O–H groups in total. The van der Waals surface area contributed by atoms with Crippen molar-refractivity contribution in [3.8, 4) is 0 Å². The Morgan fingerprint density at radius 1 is 1.21 bits per heavy atom. The van der Waals surface area contributed by atoms with Crippen LogP contribution in [0, 0.1) is 0 Å². The van der Waals surface area contributed by atoms with Gasteiger partial charge in [0.2, 0.25) is 12.3 Å². The van der Waals surface area contributed by atoms with Crippen molar-refractivity contribution in [1.82, 2.24) is 9.80 Å². The maximum atomic E-state index is 12.6. The van der Waals surface area contributed by atoms with E-state index >= 15 is 0 Å². The largest absolute Gasteiger partial charge is 0.342 e. The van der Waals surface area contributed by atoms with Gasteiger partial charge in [-0.1, -0.05) is 25.6 Å². The number of nitrogens with zero attached hydrogens (tertiary/aromatic N) is 3. The molecule has 2 amide bonds. The van der Waals surface area contributed by atoms with Crippen LogP contribution in [-0.2, 0) is 16.0 Å². The summed E-state index contributed by atoms with van der Waals surface area (Å²) in [6.07, 6.45) is 1.21. The Bertz CT molecular complexity index is 761. The van der Waals surface area contributed by atoms with Gasteiger partial charge in [0.25, 0.3) is 0 Å². The third kappa shape index (κ3) is 5.90. The topological polar surface area (TPSA) is 65.0 Å². The molecule has 1 aliphatic heterocycles. The molecular weight excluding hydrogens is 371 g/mol. The summed E-state index contributed by atoms with van der Waals surface area (Å²) in [6, 6.07) is 7.95. The Balaban J connectivity index is 2.06. The second-order valence-electron chi connectivity index (χ2n) is 7.34. The van der Waals surface area contributed by atoms with Crippen molar-refractivity contribution in [2.24, 2.45) is 4.99 Å². The minimum absolute atomic E-state index is 0.0997. The van der Waals surface area contributed by atoms with Crippen LogP contribution in [0.2, 0.25) is 0 Å². The van der Waals surface area contributed by atoms with E-state index in [9.17, 15) is 9.59 Å². The molecule has 1 saturated heterocycles. The van der Waals surface area contributed by atoms with Gasteiger partial charge in [-0.25, -0.2) is 0 Å². The maximum Gasteiger partial charge on any atom is 0.227 e. The molecule has 0 aromatic heterocycles. The molecule has 6 nitrogen and oxygen atoms in total. The number of anilines is 1. The van der Waals surface area contributed by atoms with E-state index in [2.05, 4.69) is 37.5 Å². The Morgan fingerprint density at radius 2 is 1.89 bits per heavy atom. The smallest absolute Gasteiger partial charge is 0.227 e. The van der Waals surface area contributed by atoms with E-state index in [1.165, 1.54) is 10.9 Å². The van der Waals surface area contributed by atoms with E-state index in [-0.39, 0.29) is 13.8 Å². The molecule has 28 heavy (non-hydrogen) atoms. The molecule has 1 heterocycles. The predicted octanol–water partition coefficient (Wildman–Crippen LogP) is 3.01. The Hall–Kier alpha value is -2.20. The fourth-order valence-corrected chi connectivity index (χ4v) is 4.85. The SMILES string of the molecule is CN=C(Nc1cccc(CC(=O)N2CCN(C=O)CC2)c1)C(=C(C)C)P(C)C. The molecule has 152 valence electrons. The minimum atomic E-state index is -0.284. The van der Waals surface area contributed by atoms with Gasteiger partial charge in [-0.3, -0.25) is 14.6 Å². The van der Waals surface area contributed by atoms with Gasteiger partial charge in [0.05, 0.1) is 6.42 Å². The summed E-state index contributed by atoms with van der Waals surface area (Å²) in [4.78, 5) is 31.4. The summed E-state index contributed by atoms with van der Waals surface area (Å²) in [7, 11) is 1.52. The number of amides is 2. The van der Waals surface area contributed by atoms with Crippen molar-refractivity contribution in [1.29, 1.82) is 0 Å². The van der Waals surface area contributed by atoms with E-state index in [0.29, 0.717) is 32.6 Å². The number of aliphatic imine (C=N–C) groups is 1. The lowest BCUT2D eigenvalue weighted by Gasteiger charge is -2.32. The van der Waals surface area contributed by atoms with Gasteiger partial charge in [0.1, 0.15) is 5.84 Å². The maximum absolute atomic E-state index is 12.6. The minimum Gasteiger partial charge on any atom is -0.342 e. The van der Waals surface area contributed by atoms with Crippen LogP contribution in [0.4, 0.5) is 5.69 Å². The molecule has 0 radical (unpaired) electrons. The van der Waals surface area contributed by atoms with Gasteiger partial charge in [-0.2, -0.15) is 0 Å². The lowest BCUT2D eigenvalue weighted by Crippen LogP contribution is -2.48. The normalized spacial score (nSPS) is 14.9. The molecule has 0 spiro atoms. The lowest BCUT2D eigenvalue weighted by atomic mass is 10.1. The number of nitrogens with one attached hydrogen (secondary N) is 1. The van der Waals surface area contributed by atoms with E-state index in [1.807, 2.05) is 29.2 Å². The molecule has 0 aliphatic carbocycles. The highest BCUT2D eigenvalue weighted by molar-refractivity contribution is 7.62. The van der Waals surface area contributed by atoms with Gasteiger partial charge >= 0.3 is 0 Å². The van der Waals surface area contributed by atoms with E-state index in [4.69, 9.17) is 0 Å². The highest BCUT2D eigenvalue weighted by Gasteiger charge is 2.20. The molecule has 1 fully saturated rings. The third-order valence-corrected chi connectivity index (χ3v) is 6.28. The van der Waals surface area contributed by atoms with Crippen molar-refractivity contribution in [3.63, 3.8) is 0 Å². The molecule has 2 rings (SSSR count). The number of rotatable bonds is 6. The van der Waals surface area contributed by atoms with Crippen molar-refractivity contribution >= 4 is 31.8 Å². The number of benzene rings is 1. The average Bonchev–Trinajstić information content (AvgIpc) is 2.67. The van der Waals surface area contributed by atoms with Gasteiger partial charge in [0, 0.05) is 44.2 Å². The first-order valence-corrected chi connectivity index (χ1v) is 11.7. The lowest BCUT2D eigenvalue weighted by molar-refractivity contribution is -0.134.